The minimum atomic E-state index is -0.0429. The third-order valence-electron chi connectivity index (χ3n) is 2.38. The summed E-state index contributed by atoms with van der Waals surface area (Å²) in [5.41, 5.74) is 4.02. The van der Waals surface area contributed by atoms with Gasteiger partial charge in [-0.15, -0.1) is 11.3 Å². The topological polar surface area (TPSA) is 51.2 Å². The fourth-order valence-corrected chi connectivity index (χ4v) is 2.57. The van der Waals surface area contributed by atoms with Gasteiger partial charge in [-0.05, 0) is 43.0 Å². The molecule has 4 heteroatoms. The van der Waals surface area contributed by atoms with Crippen LogP contribution in [0, 0.1) is 13.8 Å². The van der Waals surface area contributed by atoms with Crippen LogP contribution in [-0.2, 0) is 0 Å². The smallest absolute Gasteiger partial charge is 0.127 e. The molecule has 0 saturated carbocycles. The van der Waals surface area contributed by atoms with Gasteiger partial charge >= 0.3 is 0 Å². The van der Waals surface area contributed by atoms with Gasteiger partial charge in [0, 0.05) is 4.88 Å². The lowest BCUT2D eigenvalue weighted by Gasteiger charge is -2.12. The van der Waals surface area contributed by atoms with Gasteiger partial charge in [0.25, 0.3) is 0 Å². The maximum Gasteiger partial charge on any atom is 0.127 e. The molecule has 3 nitrogen and oxygen atoms in total. The molecule has 0 aromatic carbocycles. The Morgan fingerprint density at radius 1 is 1.33 bits per heavy atom. The van der Waals surface area contributed by atoms with E-state index in [1.807, 2.05) is 19.1 Å². The minimum absolute atomic E-state index is 0.0429. The molecule has 2 heterocycles. The van der Waals surface area contributed by atoms with Crippen molar-refractivity contribution in [1.82, 2.24) is 5.43 Å². The molecular weight excluding hydrogens is 208 g/mol. The van der Waals surface area contributed by atoms with E-state index in [9.17, 15) is 0 Å². The first-order chi connectivity index (χ1) is 7.22. The van der Waals surface area contributed by atoms with E-state index in [1.165, 1.54) is 10.4 Å². The van der Waals surface area contributed by atoms with Crippen molar-refractivity contribution >= 4 is 11.3 Å². The molecule has 0 aliphatic heterocycles. The standard InChI is InChI=1S/C11H14N2OS/c1-7-5-6-15-11(7)10(13-12)9-4-3-8(2)14-9/h3-6,10,13H,12H2,1-2H3. The summed E-state index contributed by atoms with van der Waals surface area (Å²) in [6.45, 7) is 4.00. The van der Waals surface area contributed by atoms with Crippen LogP contribution in [0.15, 0.2) is 28.0 Å². The van der Waals surface area contributed by atoms with Gasteiger partial charge < -0.3 is 4.42 Å². The van der Waals surface area contributed by atoms with E-state index in [0.717, 1.165) is 11.5 Å². The molecule has 2 aromatic heterocycles. The first kappa shape index (κ1) is 10.4. The first-order valence-corrected chi connectivity index (χ1v) is 5.67. The van der Waals surface area contributed by atoms with Crippen molar-refractivity contribution in [2.24, 2.45) is 5.84 Å². The molecule has 1 atom stereocenters. The molecular formula is C11H14N2OS. The van der Waals surface area contributed by atoms with Gasteiger partial charge in [0.05, 0.1) is 0 Å². The van der Waals surface area contributed by atoms with Crippen LogP contribution in [0.1, 0.15) is 28.0 Å². The Labute approximate surface area is 92.9 Å². The number of hydrogen-bond acceptors (Lipinski definition) is 4. The Hall–Kier alpha value is -1.10. The lowest BCUT2D eigenvalue weighted by Crippen LogP contribution is -2.28. The number of nitrogens with one attached hydrogen (secondary N) is 1. The molecule has 0 fully saturated rings. The Kier molecular flexibility index (Phi) is 2.90. The molecule has 1 unspecified atom stereocenters. The average molecular weight is 222 g/mol. The van der Waals surface area contributed by atoms with Gasteiger partial charge in [-0.1, -0.05) is 0 Å². The number of hydrogen-bond donors (Lipinski definition) is 2. The predicted octanol–water partition coefficient (Wildman–Crippen LogP) is 2.51. The molecule has 0 aliphatic rings. The lowest BCUT2D eigenvalue weighted by atomic mass is 10.1. The zero-order valence-electron chi connectivity index (χ0n) is 8.78. The number of furan rings is 1. The molecule has 3 N–H and O–H groups in total. The monoisotopic (exact) mass is 222 g/mol. The summed E-state index contributed by atoms with van der Waals surface area (Å²) >= 11 is 1.68. The number of hydrazine groups is 1. The molecule has 0 amide bonds. The van der Waals surface area contributed by atoms with Crippen LogP contribution in [0.5, 0.6) is 0 Å². The fraction of sp³-hybridized carbons (Fsp3) is 0.273. The lowest BCUT2D eigenvalue weighted by molar-refractivity contribution is 0.437. The zero-order chi connectivity index (χ0) is 10.8. The van der Waals surface area contributed by atoms with Crippen LogP contribution in [0.2, 0.25) is 0 Å². The van der Waals surface area contributed by atoms with E-state index in [4.69, 9.17) is 10.3 Å². The quantitative estimate of drug-likeness (QED) is 0.619. The van der Waals surface area contributed by atoms with Crippen LogP contribution in [0.25, 0.3) is 0 Å². The zero-order valence-corrected chi connectivity index (χ0v) is 9.60. The summed E-state index contributed by atoms with van der Waals surface area (Å²) < 4.78 is 5.58. The highest BCUT2D eigenvalue weighted by molar-refractivity contribution is 7.10. The van der Waals surface area contributed by atoms with Crippen LogP contribution >= 0.6 is 11.3 Å². The van der Waals surface area contributed by atoms with Crippen molar-refractivity contribution in [2.75, 3.05) is 0 Å². The molecule has 2 rings (SSSR count). The highest BCUT2D eigenvalue weighted by atomic mass is 32.1. The van der Waals surface area contributed by atoms with E-state index < -0.39 is 0 Å². The summed E-state index contributed by atoms with van der Waals surface area (Å²) in [5, 5.41) is 2.06. The predicted molar refractivity (Wildman–Crippen MR) is 61.7 cm³/mol. The van der Waals surface area contributed by atoms with Crippen LogP contribution < -0.4 is 11.3 Å². The van der Waals surface area contributed by atoms with Crippen molar-refractivity contribution in [3.05, 3.63) is 45.5 Å². The van der Waals surface area contributed by atoms with Crippen LogP contribution in [-0.4, -0.2) is 0 Å². The second-order valence-corrected chi connectivity index (χ2v) is 4.46. The minimum Gasteiger partial charge on any atom is -0.464 e. The third kappa shape index (κ3) is 1.97. The number of aryl methyl sites for hydroxylation is 2. The molecule has 0 spiro atoms. The maximum absolute atomic E-state index is 5.58. The van der Waals surface area contributed by atoms with Crippen molar-refractivity contribution in [3.8, 4) is 0 Å². The van der Waals surface area contributed by atoms with E-state index >= 15 is 0 Å². The van der Waals surface area contributed by atoms with E-state index in [1.54, 1.807) is 11.3 Å². The molecule has 2 aromatic rings. The Morgan fingerprint density at radius 3 is 2.60 bits per heavy atom. The summed E-state index contributed by atoms with van der Waals surface area (Å²) in [6, 6.07) is 5.94. The van der Waals surface area contributed by atoms with Gasteiger partial charge in [-0.3, -0.25) is 5.84 Å². The van der Waals surface area contributed by atoms with E-state index in [0.29, 0.717) is 0 Å². The third-order valence-corrected chi connectivity index (χ3v) is 3.46. The average Bonchev–Trinajstić information content (AvgIpc) is 2.79. The largest absolute Gasteiger partial charge is 0.464 e. The van der Waals surface area contributed by atoms with E-state index in [2.05, 4.69) is 23.8 Å². The molecule has 0 saturated heterocycles. The second-order valence-electron chi connectivity index (χ2n) is 3.52. The summed E-state index contributed by atoms with van der Waals surface area (Å²) in [6.07, 6.45) is 0. The second kappa shape index (κ2) is 4.18. The normalized spacial score (nSPS) is 13.0. The van der Waals surface area contributed by atoms with Gasteiger partial charge in [-0.2, -0.15) is 0 Å². The highest BCUT2D eigenvalue weighted by Crippen LogP contribution is 2.29. The number of nitrogens with two attached hydrogens (primary N) is 1. The molecule has 80 valence electrons. The van der Waals surface area contributed by atoms with Gasteiger partial charge in [-0.25, -0.2) is 5.43 Å². The summed E-state index contributed by atoms with van der Waals surface area (Å²) in [7, 11) is 0. The fourth-order valence-electron chi connectivity index (χ4n) is 1.58. The van der Waals surface area contributed by atoms with Crippen molar-refractivity contribution in [1.29, 1.82) is 0 Å². The molecule has 15 heavy (non-hydrogen) atoms. The Morgan fingerprint density at radius 2 is 2.13 bits per heavy atom. The van der Waals surface area contributed by atoms with Crippen LogP contribution in [0.4, 0.5) is 0 Å². The van der Waals surface area contributed by atoms with Crippen molar-refractivity contribution in [2.45, 2.75) is 19.9 Å². The number of rotatable bonds is 3. The van der Waals surface area contributed by atoms with Gasteiger partial charge in [0.15, 0.2) is 0 Å². The van der Waals surface area contributed by atoms with Crippen molar-refractivity contribution in [3.63, 3.8) is 0 Å². The Balaban J connectivity index is 2.36. The Bertz CT molecular complexity index is 447. The van der Waals surface area contributed by atoms with Crippen LogP contribution in [0.3, 0.4) is 0 Å². The van der Waals surface area contributed by atoms with Gasteiger partial charge in [0.2, 0.25) is 0 Å². The molecule has 0 radical (unpaired) electrons. The highest BCUT2D eigenvalue weighted by Gasteiger charge is 2.18. The number of thiophene rings is 1. The van der Waals surface area contributed by atoms with Gasteiger partial charge in [0.1, 0.15) is 17.6 Å². The first-order valence-electron chi connectivity index (χ1n) is 4.79. The molecule has 0 aliphatic carbocycles. The summed E-state index contributed by atoms with van der Waals surface area (Å²) in [4.78, 5) is 1.20. The SMILES string of the molecule is Cc1ccc(C(NN)c2sccc2C)o1. The maximum atomic E-state index is 5.58. The van der Waals surface area contributed by atoms with E-state index in [-0.39, 0.29) is 6.04 Å². The summed E-state index contributed by atoms with van der Waals surface area (Å²) in [5.74, 6) is 7.33. The van der Waals surface area contributed by atoms with Crippen molar-refractivity contribution < 1.29 is 4.42 Å². The molecule has 0 bridgehead atoms.